The lowest BCUT2D eigenvalue weighted by Gasteiger charge is -2.19. The van der Waals surface area contributed by atoms with Crippen LogP contribution in [-0.2, 0) is 11.2 Å². The third kappa shape index (κ3) is 2.74. The van der Waals surface area contributed by atoms with Gasteiger partial charge in [0.05, 0.1) is 0 Å². The molecule has 1 aliphatic rings. The average Bonchev–Trinajstić information content (AvgIpc) is 3.03. The molecule has 1 amide bonds. The van der Waals surface area contributed by atoms with Gasteiger partial charge in [-0.1, -0.05) is 36.4 Å². The molecule has 2 aromatic carbocycles. The molecule has 0 saturated heterocycles. The van der Waals surface area contributed by atoms with Gasteiger partial charge in [0, 0.05) is 41.8 Å². The SMILES string of the molecule is CSC1N=C(Cc2c[nH]c3ccccc23)C(=O)N(C)c2ccccc21. The fourth-order valence-electron chi connectivity index (χ4n) is 3.33. The van der Waals surface area contributed by atoms with Crippen molar-refractivity contribution in [2.75, 3.05) is 18.2 Å². The Kier molecular flexibility index (Phi) is 4.09. The minimum Gasteiger partial charge on any atom is -0.361 e. The largest absolute Gasteiger partial charge is 0.361 e. The average molecular weight is 349 g/mol. The highest BCUT2D eigenvalue weighted by Crippen LogP contribution is 2.37. The van der Waals surface area contributed by atoms with E-state index >= 15 is 0 Å². The molecule has 3 aromatic rings. The van der Waals surface area contributed by atoms with Gasteiger partial charge in [0.25, 0.3) is 5.91 Å². The van der Waals surface area contributed by atoms with Crippen LogP contribution in [0.15, 0.2) is 59.7 Å². The Morgan fingerprint density at radius 1 is 1.16 bits per heavy atom. The number of amides is 1. The number of carbonyl (C=O) groups is 1. The summed E-state index contributed by atoms with van der Waals surface area (Å²) in [6.07, 6.45) is 4.54. The van der Waals surface area contributed by atoms with E-state index in [2.05, 4.69) is 17.1 Å². The van der Waals surface area contributed by atoms with Gasteiger partial charge in [-0.05, 0) is 24.0 Å². The van der Waals surface area contributed by atoms with Crippen molar-refractivity contribution in [3.8, 4) is 0 Å². The Hall–Kier alpha value is -2.53. The minimum atomic E-state index is -0.0645. The number of carbonyl (C=O) groups excluding carboxylic acids is 1. The number of aromatic amines is 1. The molecule has 1 unspecified atom stereocenters. The van der Waals surface area contributed by atoms with Crippen LogP contribution in [0.25, 0.3) is 10.9 Å². The van der Waals surface area contributed by atoms with E-state index in [1.165, 1.54) is 0 Å². The number of aliphatic imine (C=N–C) groups is 1. The van der Waals surface area contributed by atoms with E-state index in [1.807, 2.05) is 55.9 Å². The molecule has 4 nitrogen and oxygen atoms in total. The highest BCUT2D eigenvalue weighted by Gasteiger charge is 2.28. The monoisotopic (exact) mass is 349 g/mol. The first-order chi connectivity index (χ1) is 12.2. The lowest BCUT2D eigenvalue weighted by molar-refractivity contribution is -0.112. The van der Waals surface area contributed by atoms with Gasteiger partial charge in [-0.15, -0.1) is 11.8 Å². The van der Waals surface area contributed by atoms with E-state index in [9.17, 15) is 4.79 Å². The summed E-state index contributed by atoms with van der Waals surface area (Å²) in [6.45, 7) is 0. The summed E-state index contributed by atoms with van der Waals surface area (Å²) in [6, 6.07) is 16.1. The van der Waals surface area contributed by atoms with E-state index in [4.69, 9.17) is 4.99 Å². The number of thioether (sulfide) groups is 1. The summed E-state index contributed by atoms with van der Waals surface area (Å²) in [5, 5.41) is 1.08. The quantitative estimate of drug-likeness (QED) is 0.771. The summed E-state index contributed by atoms with van der Waals surface area (Å²) in [4.78, 5) is 22.8. The van der Waals surface area contributed by atoms with E-state index in [1.54, 1.807) is 16.7 Å². The number of hydrogen-bond donors (Lipinski definition) is 1. The zero-order valence-electron chi connectivity index (χ0n) is 14.2. The lowest BCUT2D eigenvalue weighted by Crippen LogP contribution is -2.33. The predicted octanol–water partition coefficient (Wildman–Crippen LogP) is 4.19. The van der Waals surface area contributed by atoms with Crippen LogP contribution < -0.4 is 4.90 Å². The fourth-order valence-corrected chi connectivity index (χ4v) is 4.02. The molecule has 1 N–H and O–H groups in total. The van der Waals surface area contributed by atoms with Crippen LogP contribution in [0.1, 0.15) is 16.5 Å². The minimum absolute atomic E-state index is 0.0331. The molecule has 1 atom stereocenters. The van der Waals surface area contributed by atoms with Gasteiger partial charge >= 0.3 is 0 Å². The lowest BCUT2D eigenvalue weighted by atomic mass is 10.1. The standard InChI is InChI=1S/C20H19N3OS/c1-23-18-10-6-4-8-15(18)19(25-2)22-17(20(23)24)11-13-12-21-16-9-5-3-7-14(13)16/h3-10,12,19,21H,11H2,1-2H3. The second-order valence-electron chi connectivity index (χ2n) is 6.12. The summed E-state index contributed by atoms with van der Waals surface area (Å²) >= 11 is 1.65. The number of rotatable bonds is 3. The van der Waals surface area contributed by atoms with E-state index < -0.39 is 0 Å². The van der Waals surface area contributed by atoms with Crippen molar-refractivity contribution in [2.24, 2.45) is 4.99 Å². The molecule has 1 aliphatic heterocycles. The van der Waals surface area contributed by atoms with Crippen LogP contribution in [0.4, 0.5) is 5.69 Å². The third-order valence-electron chi connectivity index (χ3n) is 4.64. The summed E-state index contributed by atoms with van der Waals surface area (Å²) in [5.41, 5.74) is 4.80. The maximum absolute atomic E-state index is 13.0. The van der Waals surface area contributed by atoms with Crippen LogP contribution in [0.3, 0.4) is 0 Å². The van der Waals surface area contributed by atoms with Gasteiger partial charge in [0.15, 0.2) is 0 Å². The summed E-state index contributed by atoms with van der Waals surface area (Å²) < 4.78 is 0. The first kappa shape index (κ1) is 16.0. The molecule has 0 fully saturated rings. The van der Waals surface area contributed by atoms with Crippen molar-refractivity contribution in [3.05, 3.63) is 65.9 Å². The maximum Gasteiger partial charge on any atom is 0.272 e. The van der Waals surface area contributed by atoms with Crippen LogP contribution in [0.2, 0.25) is 0 Å². The maximum atomic E-state index is 13.0. The number of nitrogens with one attached hydrogen (secondary N) is 1. The molecule has 25 heavy (non-hydrogen) atoms. The zero-order valence-corrected chi connectivity index (χ0v) is 15.0. The predicted molar refractivity (Wildman–Crippen MR) is 106 cm³/mol. The first-order valence-corrected chi connectivity index (χ1v) is 9.49. The highest BCUT2D eigenvalue weighted by atomic mass is 32.2. The molecule has 0 spiro atoms. The molecular weight excluding hydrogens is 330 g/mol. The van der Waals surface area contributed by atoms with Crippen LogP contribution in [0.5, 0.6) is 0 Å². The van der Waals surface area contributed by atoms with Crippen molar-refractivity contribution < 1.29 is 4.79 Å². The molecule has 0 aliphatic carbocycles. The van der Waals surface area contributed by atoms with Crippen molar-refractivity contribution in [1.29, 1.82) is 0 Å². The van der Waals surface area contributed by atoms with Gasteiger partial charge in [-0.25, -0.2) is 0 Å². The molecular formula is C20H19N3OS. The third-order valence-corrected chi connectivity index (χ3v) is 5.45. The molecule has 0 saturated carbocycles. The van der Waals surface area contributed by atoms with Crippen LogP contribution in [-0.4, -0.2) is 29.9 Å². The van der Waals surface area contributed by atoms with E-state index in [-0.39, 0.29) is 11.3 Å². The van der Waals surface area contributed by atoms with Gasteiger partial charge in [0.2, 0.25) is 0 Å². The van der Waals surface area contributed by atoms with E-state index in [0.717, 1.165) is 27.7 Å². The van der Waals surface area contributed by atoms with Crippen molar-refractivity contribution in [3.63, 3.8) is 0 Å². The Morgan fingerprint density at radius 2 is 1.92 bits per heavy atom. The van der Waals surface area contributed by atoms with Crippen LogP contribution in [0, 0.1) is 0 Å². The number of hydrogen-bond acceptors (Lipinski definition) is 3. The Labute approximate surface area is 151 Å². The van der Waals surface area contributed by atoms with Crippen molar-refractivity contribution in [2.45, 2.75) is 11.8 Å². The number of aromatic nitrogens is 1. The second-order valence-corrected chi connectivity index (χ2v) is 7.04. The van der Waals surface area contributed by atoms with Crippen molar-refractivity contribution in [1.82, 2.24) is 4.98 Å². The number of H-pyrrole nitrogens is 1. The number of benzene rings is 2. The number of anilines is 1. The Bertz CT molecular complexity index is 976. The van der Waals surface area contributed by atoms with Crippen molar-refractivity contribution >= 4 is 40.0 Å². The van der Waals surface area contributed by atoms with E-state index in [0.29, 0.717) is 12.1 Å². The Morgan fingerprint density at radius 3 is 2.76 bits per heavy atom. The first-order valence-electron chi connectivity index (χ1n) is 8.20. The molecule has 126 valence electrons. The zero-order chi connectivity index (χ0) is 17.4. The Balaban J connectivity index is 1.77. The normalized spacial score (nSPS) is 17.4. The number of nitrogens with zero attached hydrogens (tertiary/aromatic N) is 2. The smallest absolute Gasteiger partial charge is 0.272 e. The number of para-hydroxylation sites is 2. The number of fused-ring (bicyclic) bond motifs is 2. The van der Waals surface area contributed by atoms with Gasteiger partial charge < -0.3 is 9.88 Å². The second kappa shape index (κ2) is 6.41. The molecule has 0 bridgehead atoms. The van der Waals surface area contributed by atoms with Gasteiger partial charge in [-0.2, -0.15) is 0 Å². The highest BCUT2D eigenvalue weighted by molar-refractivity contribution is 7.98. The molecule has 5 heteroatoms. The molecule has 1 aromatic heterocycles. The summed E-state index contributed by atoms with van der Waals surface area (Å²) in [5.74, 6) is -0.0331. The topological polar surface area (TPSA) is 48.5 Å². The molecule has 4 rings (SSSR count). The van der Waals surface area contributed by atoms with Gasteiger partial charge in [0.1, 0.15) is 11.1 Å². The molecule has 0 radical (unpaired) electrons. The fraction of sp³-hybridized carbons (Fsp3) is 0.200. The van der Waals surface area contributed by atoms with Gasteiger partial charge in [-0.3, -0.25) is 9.79 Å². The van der Waals surface area contributed by atoms with Crippen LogP contribution >= 0.6 is 11.8 Å². The molecule has 2 heterocycles. The summed E-state index contributed by atoms with van der Waals surface area (Å²) in [7, 11) is 1.83.